The molecule has 0 aliphatic heterocycles. The second kappa shape index (κ2) is 9.32. The van der Waals surface area contributed by atoms with E-state index in [0.29, 0.717) is 0 Å². The van der Waals surface area contributed by atoms with Crippen molar-refractivity contribution in [3.63, 3.8) is 0 Å². The lowest BCUT2D eigenvalue weighted by atomic mass is 10.4. The summed E-state index contributed by atoms with van der Waals surface area (Å²) in [6.45, 7) is -2.01. The van der Waals surface area contributed by atoms with Crippen LogP contribution in [0.2, 0.25) is 0 Å². The predicted octanol–water partition coefficient (Wildman–Crippen LogP) is -1.62. The van der Waals surface area contributed by atoms with E-state index in [4.69, 9.17) is 25.2 Å². The summed E-state index contributed by atoms with van der Waals surface area (Å²) in [6, 6.07) is 0. The van der Waals surface area contributed by atoms with Crippen molar-refractivity contribution in [2.45, 2.75) is 12.8 Å². The topological polar surface area (TPSA) is 279 Å². The summed E-state index contributed by atoms with van der Waals surface area (Å²) in [5, 5.41) is 9.27. The van der Waals surface area contributed by atoms with Crippen molar-refractivity contribution < 1.29 is 56.3 Å². The van der Waals surface area contributed by atoms with Crippen LogP contribution in [0.3, 0.4) is 0 Å². The molecule has 0 aliphatic carbocycles. The highest BCUT2D eigenvalue weighted by molar-refractivity contribution is 7.66. The Bertz CT molecular complexity index is 1090. The zero-order valence-electron chi connectivity index (χ0n) is 14.5. The molecule has 30 heavy (non-hydrogen) atoms. The lowest BCUT2D eigenvalue weighted by molar-refractivity contribution is -0.0478. The third-order valence-electron chi connectivity index (χ3n) is 2.99. The van der Waals surface area contributed by atoms with Gasteiger partial charge in [0, 0.05) is 0 Å². The van der Waals surface area contributed by atoms with Crippen LogP contribution in [0.25, 0.3) is 11.2 Å². The van der Waals surface area contributed by atoms with Gasteiger partial charge in [0.2, 0.25) is 5.95 Å². The molecule has 18 nitrogen and oxygen atoms in total. The summed E-state index contributed by atoms with van der Waals surface area (Å²) in [5.41, 5.74) is 4.82. The summed E-state index contributed by atoms with van der Waals surface area (Å²) in [7, 11) is -16.6. The molecule has 2 unspecified atom stereocenters. The largest absolute Gasteiger partial charge is 0.490 e. The average molecular weight is 495 g/mol. The van der Waals surface area contributed by atoms with Crippen molar-refractivity contribution in [3.8, 4) is 0 Å². The van der Waals surface area contributed by atoms with Crippen molar-refractivity contribution in [3.05, 3.63) is 16.7 Å². The Morgan fingerprint density at radius 1 is 1.17 bits per heavy atom. The van der Waals surface area contributed by atoms with Gasteiger partial charge in [-0.3, -0.25) is 18.9 Å². The first-order valence-corrected chi connectivity index (χ1v) is 11.9. The highest BCUT2D eigenvalue weighted by Crippen LogP contribution is 2.66. The maximum absolute atomic E-state index is 11.7. The Kier molecular flexibility index (Phi) is 7.68. The second-order valence-electron chi connectivity index (χ2n) is 5.32. The van der Waals surface area contributed by atoms with Gasteiger partial charge in [-0.1, -0.05) is 0 Å². The number of phosphoric ester groups is 1. The Morgan fingerprint density at radius 3 is 2.43 bits per heavy atom. The Balaban J connectivity index is 1.98. The van der Waals surface area contributed by atoms with Crippen LogP contribution in [0.5, 0.6) is 0 Å². The quantitative estimate of drug-likeness (QED) is 0.172. The fraction of sp³-hybridized carbons (Fsp3) is 0.444. The molecule has 0 saturated carbocycles. The molecule has 0 fully saturated rings. The molecule has 3 atom stereocenters. The fourth-order valence-corrected chi connectivity index (χ4v) is 4.93. The van der Waals surface area contributed by atoms with Gasteiger partial charge in [0.25, 0.3) is 5.56 Å². The number of aliphatic hydroxyl groups is 1. The van der Waals surface area contributed by atoms with Crippen molar-refractivity contribution in [1.29, 1.82) is 0 Å². The van der Waals surface area contributed by atoms with E-state index in [1.165, 1.54) is 10.9 Å². The van der Waals surface area contributed by atoms with E-state index < -0.39 is 48.3 Å². The number of hydrogen-bond donors (Lipinski definition) is 7. The van der Waals surface area contributed by atoms with Crippen LogP contribution in [0, 0.1) is 0 Å². The summed E-state index contributed by atoms with van der Waals surface area (Å²) in [5.74, 6) is -0.194. The van der Waals surface area contributed by atoms with Gasteiger partial charge in [0.05, 0.1) is 19.5 Å². The number of nitrogens with one attached hydrogen (secondary N) is 1. The van der Waals surface area contributed by atoms with Gasteiger partial charge in [-0.25, -0.2) is 18.7 Å². The molecule has 2 heterocycles. The van der Waals surface area contributed by atoms with E-state index in [9.17, 15) is 28.5 Å². The number of anilines is 1. The SMILES string of the molecule is Nc1nc2c(ncn2CO[C@H](CO)COP(=O)(O)OP(=O)(O)OP(=O)(O)O)c(=O)[nH]1. The number of nitrogen functional groups attached to an aromatic ring is 1. The molecule has 2 rings (SSSR count). The summed E-state index contributed by atoms with van der Waals surface area (Å²) >= 11 is 0. The standard InChI is InChI=1S/C9H16N5O13P3/c10-9-12-7-6(8(16)13-9)11-3-14(7)4-24-5(1-15)2-25-29(20,21)27-30(22,23)26-28(17,18)19/h3,5,15H,1-2,4H2,(H,20,21)(H,22,23)(H2,17,18,19)(H3,10,12,13,16)/t5-/m1/s1. The molecule has 170 valence electrons. The van der Waals surface area contributed by atoms with E-state index in [1.54, 1.807) is 0 Å². The minimum absolute atomic E-state index is 0.0424. The third-order valence-corrected chi connectivity index (χ3v) is 6.79. The first-order chi connectivity index (χ1) is 13.7. The average Bonchev–Trinajstić information content (AvgIpc) is 2.94. The third kappa shape index (κ3) is 7.31. The molecule has 0 aliphatic rings. The molecule has 0 saturated heterocycles. The molecular weight excluding hydrogens is 479 g/mol. The molecule has 0 spiro atoms. The molecule has 2 aromatic rings. The van der Waals surface area contributed by atoms with Crippen molar-refractivity contribution in [2.24, 2.45) is 0 Å². The predicted molar refractivity (Wildman–Crippen MR) is 94.3 cm³/mol. The summed E-state index contributed by atoms with van der Waals surface area (Å²) in [4.78, 5) is 56.9. The summed E-state index contributed by atoms with van der Waals surface area (Å²) in [6.07, 6.45) is -0.130. The Morgan fingerprint density at radius 2 is 1.83 bits per heavy atom. The number of aliphatic hydroxyl groups excluding tert-OH is 1. The number of aromatic nitrogens is 4. The number of rotatable bonds is 11. The van der Waals surface area contributed by atoms with Crippen LogP contribution >= 0.6 is 23.5 Å². The monoisotopic (exact) mass is 495 g/mol. The van der Waals surface area contributed by atoms with E-state index in [0.717, 1.165) is 0 Å². The number of aromatic amines is 1. The lowest BCUT2D eigenvalue weighted by Gasteiger charge is -2.19. The van der Waals surface area contributed by atoms with Gasteiger partial charge in [-0.2, -0.15) is 13.6 Å². The number of hydrogen-bond acceptors (Lipinski definition) is 12. The van der Waals surface area contributed by atoms with Crippen LogP contribution in [-0.2, 0) is 38.3 Å². The maximum atomic E-state index is 11.7. The maximum Gasteiger partial charge on any atom is 0.490 e. The van der Waals surface area contributed by atoms with Gasteiger partial charge in [-0.05, 0) is 0 Å². The highest BCUT2D eigenvalue weighted by atomic mass is 31.3. The lowest BCUT2D eigenvalue weighted by Crippen LogP contribution is -2.25. The van der Waals surface area contributed by atoms with Crippen LogP contribution in [0.1, 0.15) is 0 Å². The molecular formula is C9H16N5O13P3. The van der Waals surface area contributed by atoms with Gasteiger partial charge >= 0.3 is 23.5 Å². The highest BCUT2D eigenvalue weighted by Gasteiger charge is 2.40. The molecule has 2 aromatic heterocycles. The van der Waals surface area contributed by atoms with Crippen LogP contribution in [-0.4, -0.2) is 63.5 Å². The number of nitrogens with two attached hydrogens (primary N) is 1. The number of nitrogens with zero attached hydrogens (tertiary/aromatic N) is 3. The van der Waals surface area contributed by atoms with Crippen LogP contribution in [0.15, 0.2) is 11.1 Å². The van der Waals surface area contributed by atoms with Gasteiger partial charge in [-0.15, -0.1) is 0 Å². The second-order valence-corrected chi connectivity index (χ2v) is 9.74. The molecule has 0 radical (unpaired) electrons. The molecule has 21 heteroatoms. The Hall–Kier alpha value is -1.52. The van der Waals surface area contributed by atoms with Gasteiger partial charge < -0.3 is 35.2 Å². The molecule has 0 aromatic carbocycles. The molecule has 8 N–H and O–H groups in total. The number of imidazole rings is 1. The molecule has 0 bridgehead atoms. The zero-order valence-corrected chi connectivity index (χ0v) is 17.2. The number of fused-ring (bicyclic) bond motifs is 1. The number of H-pyrrole nitrogens is 1. The number of ether oxygens (including phenoxy) is 1. The first-order valence-electron chi connectivity index (χ1n) is 7.43. The normalized spacial score (nSPS) is 17.5. The minimum atomic E-state index is -5.67. The smallest absolute Gasteiger partial charge is 0.394 e. The van der Waals surface area contributed by atoms with Crippen LogP contribution < -0.4 is 11.3 Å². The van der Waals surface area contributed by atoms with E-state index in [1.807, 2.05) is 0 Å². The van der Waals surface area contributed by atoms with E-state index >= 15 is 0 Å². The first kappa shape index (κ1) is 24.7. The Labute approximate surface area is 165 Å². The molecule has 0 amide bonds. The van der Waals surface area contributed by atoms with Gasteiger partial charge in [0.15, 0.2) is 11.2 Å². The number of phosphoric acid groups is 3. The zero-order chi connectivity index (χ0) is 22.7. The minimum Gasteiger partial charge on any atom is -0.394 e. The van der Waals surface area contributed by atoms with Crippen molar-refractivity contribution in [2.75, 3.05) is 18.9 Å². The summed E-state index contributed by atoms with van der Waals surface area (Å²) < 4.78 is 51.3. The van der Waals surface area contributed by atoms with Crippen LogP contribution in [0.4, 0.5) is 5.95 Å². The van der Waals surface area contributed by atoms with Crippen molar-refractivity contribution in [1.82, 2.24) is 19.5 Å². The van der Waals surface area contributed by atoms with Gasteiger partial charge in [0.1, 0.15) is 12.8 Å². The van der Waals surface area contributed by atoms with Crippen molar-refractivity contribution >= 4 is 40.6 Å². The van der Waals surface area contributed by atoms with E-state index in [-0.39, 0.29) is 23.8 Å². The van der Waals surface area contributed by atoms with E-state index in [2.05, 4.69) is 28.1 Å². The fourth-order valence-electron chi connectivity index (χ4n) is 1.89.